The molecule has 20 heavy (non-hydrogen) atoms. The summed E-state index contributed by atoms with van der Waals surface area (Å²) in [4.78, 5) is 12.0. The van der Waals surface area contributed by atoms with Crippen molar-refractivity contribution in [3.63, 3.8) is 0 Å². The highest BCUT2D eigenvalue weighted by Gasteiger charge is 2.10. The zero-order valence-electron chi connectivity index (χ0n) is 10.7. The van der Waals surface area contributed by atoms with Crippen LogP contribution in [-0.4, -0.2) is 19.5 Å². The maximum Gasteiger partial charge on any atom is 0.200 e. The Labute approximate surface area is 130 Å². The first kappa shape index (κ1) is 14.9. The van der Waals surface area contributed by atoms with Crippen LogP contribution in [-0.2, 0) is 0 Å². The van der Waals surface area contributed by atoms with Crippen LogP contribution in [0, 0.1) is 0 Å². The van der Waals surface area contributed by atoms with E-state index in [2.05, 4.69) is 15.9 Å². The van der Waals surface area contributed by atoms with Crippen LogP contribution in [0.4, 0.5) is 0 Å². The van der Waals surface area contributed by atoms with E-state index in [0.29, 0.717) is 22.1 Å². The van der Waals surface area contributed by atoms with Crippen molar-refractivity contribution in [2.75, 3.05) is 13.7 Å². The second kappa shape index (κ2) is 6.77. The van der Waals surface area contributed by atoms with Gasteiger partial charge >= 0.3 is 0 Å². The molecule has 5 heteroatoms. The fraction of sp³-hybridized carbons (Fsp3) is 0.133. The Hall–Kier alpha value is -1.52. The van der Waals surface area contributed by atoms with Gasteiger partial charge in [0.15, 0.2) is 12.4 Å². The molecule has 0 radical (unpaired) electrons. The summed E-state index contributed by atoms with van der Waals surface area (Å²) in [7, 11) is 1.53. The molecular weight excluding hydrogens is 344 g/mol. The van der Waals surface area contributed by atoms with Crippen molar-refractivity contribution in [2.45, 2.75) is 0 Å². The standard InChI is InChI=1S/C15H12BrClO3/c1-19-15-7-6-10(8-12(15)17)13(18)9-20-14-5-3-2-4-11(14)16/h2-8H,9H2,1H3. The molecule has 0 atom stereocenters. The lowest BCUT2D eigenvalue weighted by Crippen LogP contribution is -2.11. The Morgan fingerprint density at radius 1 is 1.20 bits per heavy atom. The van der Waals surface area contributed by atoms with E-state index in [1.54, 1.807) is 24.3 Å². The summed E-state index contributed by atoms with van der Waals surface area (Å²) in [5.41, 5.74) is 0.489. The van der Waals surface area contributed by atoms with Crippen LogP contribution >= 0.6 is 27.5 Å². The van der Waals surface area contributed by atoms with E-state index in [4.69, 9.17) is 21.1 Å². The van der Waals surface area contributed by atoms with Crippen LogP contribution in [0.2, 0.25) is 5.02 Å². The highest BCUT2D eigenvalue weighted by atomic mass is 79.9. The van der Waals surface area contributed by atoms with Gasteiger partial charge in [-0.2, -0.15) is 0 Å². The van der Waals surface area contributed by atoms with Crippen molar-refractivity contribution in [1.29, 1.82) is 0 Å². The number of para-hydroxylation sites is 1. The second-order valence-electron chi connectivity index (χ2n) is 3.99. The molecule has 3 nitrogen and oxygen atoms in total. The number of ketones is 1. The molecule has 0 fully saturated rings. The molecule has 0 bridgehead atoms. The third-order valence-corrected chi connectivity index (χ3v) is 3.62. The van der Waals surface area contributed by atoms with Gasteiger partial charge in [0.25, 0.3) is 0 Å². The number of carbonyl (C=O) groups excluding carboxylic acids is 1. The normalized spacial score (nSPS) is 10.2. The van der Waals surface area contributed by atoms with Gasteiger partial charge in [0.1, 0.15) is 11.5 Å². The Kier molecular flexibility index (Phi) is 5.04. The molecule has 2 rings (SSSR count). The minimum atomic E-state index is -0.148. The highest BCUT2D eigenvalue weighted by Crippen LogP contribution is 2.26. The Morgan fingerprint density at radius 2 is 1.95 bits per heavy atom. The van der Waals surface area contributed by atoms with Crippen LogP contribution in [0.1, 0.15) is 10.4 Å². The van der Waals surface area contributed by atoms with E-state index >= 15 is 0 Å². The molecule has 0 saturated heterocycles. The molecule has 0 heterocycles. The Morgan fingerprint density at radius 3 is 2.60 bits per heavy atom. The van der Waals surface area contributed by atoms with Crippen molar-refractivity contribution in [3.8, 4) is 11.5 Å². The molecule has 0 aromatic heterocycles. The first-order valence-corrected chi connectivity index (χ1v) is 7.03. The number of rotatable bonds is 5. The Balaban J connectivity index is 2.05. The van der Waals surface area contributed by atoms with Crippen molar-refractivity contribution in [3.05, 3.63) is 57.5 Å². The summed E-state index contributed by atoms with van der Waals surface area (Å²) < 4.78 is 11.3. The largest absolute Gasteiger partial charge is 0.495 e. The molecule has 104 valence electrons. The molecule has 0 saturated carbocycles. The van der Waals surface area contributed by atoms with Gasteiger partial charge in [-0.1, -0.05) is 23.7 Å². The molecule has 0 aliphatic carbocycles. The number of halogens is 2. The summed E-state index contributed by atoms with van der Waals surface area (Å²) in [6, 6.07) is 12.3. The summed E-state index contributed by atoms with van der Waals surface area (Å²) in [5.74, 6) is 1.01. The van der Waals surface area contributed by atoms with Crippen molar-refractivity contribution in [1.82, 2.24) is 0 Å². The number of methoxy groups -OCH3 is 1. The third-order valence-electron chi connectivity index (χ3n) is 2.67. The Bertz CT molecular complexity index is 628. The van der Waals surface area contributed by atoms with Gasteiger partial charge in [-0.25, -0.2) is 0 Å². The molecule has 2 aromatic carbocycles. The number of carbonyl (C=O) groups is 1. The maximum atomic E-state index is 12.0. The van der Waals surface area contributed by atoms with E-state index in [-0.39, 0.29) is 12.4 Å². The minimum Gasteiger partial charge on any atom is -0.495 e. The van der Waals surface area contributed by atoms with E-state index in [9.17, 15) is 4.79 Å². The fourth-order valence-electron chi connectivity index (χ4n) is 1.63. The summed E-state index contributed by atoms with van der Waals surface area (Å²) in [5, 5.41) is 0.402. The molecule has 0 aliphatic rings. The van der Waals surface area contributed by atoms with Gasteiger partial charge in [-0.15, -0.1) is 0 Å². The smallest absolute Gasteiger partial charge is 0.200 e. The second-order valence-corrected chi connectivity index (χ2v) is 5.25. The third kappa shape index (κ3) is 3.52. The molecule has 0 amide bonds. The van der Waals surface area contributed by atoms with Crippen LogP contribution in [0.15, 0.2) is 46.9 Å². The predicted molar refractivity (Wildman–Crippen MR) is 82.0 cm³/mol. The van der Waals surface area contributed by atoms with Crippen molar-refractivity contribution < 1.29 is 14.3 Å². The first-order chi connectivity index (χ1) is 9.61. The average Bonchev–Trinajstić information content (AvgIpc) is 2.46. The average molecular weight is 356 g/mol. The fourth-order valence-corrected chi connectivity index (χ4v) is 2.29. The van der Waals surface area contributed by atoms with E-state index in [1.807, 2.05) is 18.2 Å². The molecule has 0 aliphatic heterocycles. The number of benzene rings is 2. The number of ether oxygens (including phenoxy) is 2. The van der Waals surface area contributed by atoms with E-state index in [0.717, 1.165) is 4.47 Å². The van der Waals surface area contributed by atoms with Crippen molar-refractivity contribution in [2.24, 2.45) is 0 Å². The lowest BCUT2D eigenvalue weighted by molar-refractivity contribution is 0.0921. The maximum absolute atomic E-state index is 12.0. The monoisotopic (exact) mass is 354 g/mol. The van der Waals surface area contributed by atoms with Gasteiger partial charge in [-0.05, 0) is 46.3 Å². The number of hydrogen-bond donors (Lipinski definition) is 0. The van der Waals surface area contributed by atoms with Gasteiger partial charge < -0.3 is 9.47 Å². The summed E-state index contributed by atoms with van der Waals surface area (Å²) >= 11 is 9.35. The highest BCUT2D eigenvalue weighted by molar-refractivity contribution is 9.10. The van der Waals surface area contributed by atoms with Crippen LogP contribution in [0.3, 0.4) is 0 Å². The van der Waals surface area contributed by atoms with Crippen LogP contribution in [0.25, 0.3) is 0 Å². The van der Waals surface area contributed by atoms with Crippen LogP contribution in [0.5, 0.6) is 11.5 Å². The lowest BCUT2D eigenvalue weighted by atomic mass is 10.1. The van der Waals surface area contributed by atoms with Crippen LogP contribution < -0.4 is 9.47 Å². The molecule has 0 spiro atoms. The minimum absolute atomic E-state index is 0.0503. The quantitative estimate of drug-likeness (QED) is 0.747. The zero-order valence-corrected chi connectivity index (χ0v) is 13.1. The van der Waals surface area contributed by atoms with E-state index < -0.39 is 0 Å². The summed E-state index contributed by atoms with van der Waals surface area (Å²) in [6.45, 7) is -0.0503. The number of Topliss-reactive ketones (excluding diaryl/α,β-unsaturated/α-hetero) is 1. The van der Waals surface area contributed by atoms with Gasteiger partial charge in [0.05, 0.1) is 16.6 Å². The van der Waals surface area contributed by atoms with Crippen molar-refractivity contribution >= 4 is 33.3 Å². The van der Waals surface area contributed by atoms with Gasteiger partial charge in [0.2, 0.25) is 0 Å². The van der Waals surface area contributed by atoms with E-state index in [1.165, 1.54) is 7.11 Å². The molecule has 0 N–H and O–H groups in total. The topological polar surface area (TPSA) is 35.5 Å². The molecule has 2 aromatic rings. The van der Waals surface area contributed by atoms with Gasteiger partial charge in [-0.3, -0.25) is 4.79 Å². The SMILES string of the molecule is COc1ccc(C(=O)COc2ccccc2Br)cc1Cl. The lowest BCUT2D eigenvalue weighted by Gasteiger charge is -2.08. The molecular formula is C15H12BrClO3. The summed E-state index contributed by atoms with van der Waals surface area (Å²) in [6.07, 6.45) is 0. The number of hydrogen-bond acceptors (Lipinski definition) is 3. The first-order valence-electron chi connectivity index (χ1n) is 5.86. The predicted octanol–water partition coefficient (Wildman–Crippen LogP) is 4.37. The zero-order chi connectivity index (χ0) is 14.5. The van der Waals surface area contributed by atoms with Gasteiger partial charge in [0, 0.05) is 5.56 Å². The molecule has 0 unspecified atom stereocenters.